The van der Waals surface area contributed by atoms with E-state index in [9.17, 15) is 5.11 Å². The lowest BCUT2D eigenvalue weighted by Gasteiger charge is -2.43. The van der Waals surface area contributed by atoms with Gasteiger partial charge in [0.05, 0.1) is 17.6 Å². The molecular weight excluding hydrogens is 436 g/mol. The van der Waals surface area contributed by atoms with Crippen LogP contribution in [-0.4, -0.2) is 79.4 Å². The first kappa shape index (κ1) is 22.3. The largest absolute Gasteiger partial charge is 0.503 e. The van der Waals surface area contributed by atoms with Gasteiger partial charge in [0.2, 0.25) is 0 Å². The van der Waals surface area contributed by atoms with E-state index >= 15 is 0 Å². The zero-order valence-corrected chi connectivity index (χ0v) is 20.1. The number of benzene rings is 2. The van der Waals surface area contributed by atoms with Crippen LogP contribution >= 0.6 is 11.6 Å². The van der Waals surface area contributed by atoms with E-state index in [1.807, 2.05) is 18.3 Å². The summed E-state index contributed by atoms with van der Waals surface area (Å²) in [6, 6.07) is 12.7. The van der Waals surface area contributed by atoms with Gasteiger partial charge in [-0.3, -0.25) is 9.88 Å². The number of anilines is 1. The summed E-state index contributed by atoms with van der Waals surface area (Å²) in [6.45, 7) is 6.65. The molecule has 7 heteroatoms. The Kier molecular flexibility index (Phi) is 6.32. The van der Waals surface area contributed by atoms with Crippen molar-refractivity contribution in [2.45, 2.75) is 18.9 Å². The van der Waals surface area contributed by atoms with Crippen molar-refractivity contribution in [3.63, 3.8) is 0 Å². The maximum atomic E-state index is 10.1. The van der Waals surface area contributed by atoms with Gasteiger partial charge in [0.25, 0.3) is 0 Å². The summed E-state index contributed by atoms with van der Waals surface area (Å²) in [5, 5.41) is 11.5. The number of phenolic OH excluding ortho intramolecular Hbond substituents is 1. The molecule has 0 radical (unpaired) electrons. The molecule has 3 heterocycles. The molecule has 2 aliphatic rings. The van der Waals surface area contributed by atoms with Crippen LogP contribution < -0.4 is 9.64 Å². The first-order valence-electron chi connectivity index (χ1n) is 11.7. The van der Waals surface area contributed by atoms with E-state index in [0.717, 1.165) is 54.3 Å². The van der Waals surface area contributed by atoms with Gasteiger partial charge in [0, 0.05) is 49.5 Å². The molecule has 3 aromatic rings. The Labute approximate surface area is 200 Å². The lowest BCUT2D eigenvalue weighted by Crippen LogP contribution is -2.53. The smallest absolute Gasteiger partial charge is 0.176 e. The Morgan fingerprint density at radius 1 is 0.970 bits per heavy atom. The molecule has 0 atom stereocenters. The standard InChI is InChI=1S/C26H31ClN4O2/c1-29-9-6-20(7-10-29)30-11-13-31(14-12-30)24-5-8-28-23-4-3-18(15-21(23)24)19-16-22(27)26(32)25(17-19)33-2/h3-5,8,15-17,20,32H,6-7,9-14H2,1-2H3. The average Bonchev–Trinajstić information content (AvgIpc) is 2.85. The first-order valence-corrected chi connectivity index (χ1v) is 12.0. The Hall–Kier alpha value is -2.54. The van der Waals surface area contributed by atoms with E-state index in [4.69, 9.17) is 16.3 Å². The maximum Gasteiger partial charge on any atom is 0.176 e. The highest BCUT2D eigenvalue weighted by Gasteiger charge is 2.27. The van der Waals surface area contributed by atoms with Crippen LogP contribution in [0, 0.1) is 0 Å². The molecule has 1 aromatic heterocycles. The van der Waals surface area contributed by atoms with Gasteiger partial charge < -0.3 is 19.6 Å². The second kappa shape index (κ2) is 9.37. The molecule has 2 fully saturated rings. The molecule has 174 valence electrons. The summed E-state index contributed by atoms with van der Waals surface area (Å²) in [7, 11) is 3.75. The number of ether oxygens (including phenoxy) is 1. The van der Waals surface area contributed by atoms with Crippen molar-refractivity contribution in [2.75, 3.05) is 58.3 Å². The van der Waals surface area contributed by atoms with Crippen LogP contribution in [0.15, 0.2) is 42.6 Å². The fourth-order valence-electron chi connectivity index (χ4n) is 5.17. The van der Waals surface area contributed by atoms with Crippen LogP contribution in [0.3, 0.4) is 0 Å². The second-order valence-electron chi connectivity index (χ2n) is 9.13. The van der Waals surface area contributed by atoms with Crippen molar-refractivity contribution in [2.24, 2.45) is 0 Å². The van der Waals surface area contributed by atoms with Crippen LogP contribution in [0.4, 0.5) is 5.69 Å². The predicted octanol–water partition coefficient (Wildman–Crippen LogP) is 4.49. The number of phenols is 1. The highest BCUT2D eigenvalue weighted by Crippen LogP contribution is 2.39. The van der Waals surface area contributed by atoms with Gasteiger partial charge in [0.15, 0.2) is 11.5 Å². The monoisotopic (exact) mass is 466 g/mol. The molecule has 5 rings (SSSR count). The highest BCUT2D eigenvalue weighted by atomic mass is 35.5. The fraction of sp³-hybridized carbons (Fsp3) is 0.423. The summed E-state index contributed by atoms with van der Waals surface area (Å²) in [6.07, 6.45) is 4.45. The molecule has 0 spiro atoms. The van der Waals surface area contributed by atoms with Crippen molar-refractivity contribution in [3.8, 4) is 22.6 Å². The van der Waals surface area contributed by atoms with Crippen molar-refractivity contribution in [3.05, 3.63) is 47.6 Å². The van der Waals surface area contributed by atoms with E-state index in [1.165, 1.54) is 38.7 Å². The lowest BCUT2D eigenvalue weighted by atomic mass is 10.0. The first-order chi connectivity index (χ1) is 16.0. The number of aromatic hydroxyl groups is 1. The Morgan fingerprint density at radius 3 is 2.45 bits per heavy atom. The Balaban J connectivity index is 1.40. The van der Waals surface area contributed by atoms with Gasteiger partial charge in [0.1, 0.15) is 0 Å². The van der Waals surface area contributed by atoms with Crippen molar-refractivity contribution >= 4 is 28.2 Å². The number of halogens is 1. The van der Waals surface area contributed by atoms with Crippen LogP contribution in [0.2, 0.25) is 5.02 Å². The average molecular weight is 467 g/mol. The quantitative estimate of drug-likeness (QED) is 0.611. The topological polar surface area (TPSA) is 52.1 Å². The third-order valence-corrected chi connectivity index (χ3v) is 7.45. The number of hydrogen-bond donors (Lipinski definition) is 1. The third kappa shape index (κ3) is 4.47. The molecule has 0 bridgehead atoms. The number of fused-ring (bicyclic) bond motifs is 1. The van der Waals surface area contributed by atoms with Crippen molar-refractivity contribution in [1.29, 1.82) is 0 Å². The van der Waals surface area contributed by atoms with Crippen molar-refractivity contribution < 1.29 is 9.84 Å². The van der Waals surface area contributed by atoms with Crippen LogP contribution in [-0.2, 0) is 0 Å². The molecule has 2 saturated heterocycles. The van der Waals surface area contributed by atoms with Crippen LogP contribution in [0.1, 0.15) is 12.8 Å². The number of methoxy groups -OCH3 is 1. The lowest BCUT2D eigenvalue weighted by molar-refractivity contribution is 0.115. The van der Waals surface area contributed by atoms with Gasteiger partial charge in [-0.05, 0) is 74.4 Å². The minimum Gasteiger partial charge on any atom is -0.503 e. The number of piperidine rings is 1. The normalized spacial score (nSPS) is 18.7. The number of nitrogens with zero attached hydrogens (tertiary/aromatic N) is 4. The molecule has 1 N–H and O–H groups in total. The Morgan fingerprint density at radius 2 is 1.73 bits per heavy atom. The van der Waals surface area contributed by atoms with Crippen LogP contribution in [0.5, 0.6) is 11.5 Å². The third-order valence-electron chi connectivity index (χ3n) is 7.16. The molecule has 2 aliphatic heterocycles. The fourth-order valence-corrected chi connectivity index (χ4v) is 5.38. The number of pyridine rings is 1. The molecule has 0 saturated carbocycles. The van der Waals surface area contributed by atoms with E-state index in [0.29, 0.717) is 5.75 Å². The van der Waals surface area contributed by atoms with Gasteiger partial charge in [-0.1, -0.05) is 17.7 Å². The minimum absolute atomic E-state index is 0.0338. The van der Waals surface area contributed by atoms with E-state index in [1.54, 1.807) is 6.07 Å². The van der Waals surface area contributed by atoms with Gasteiger partial charge in [-0.2, -0.15) is 0 Å². The Bertz CT molecular complexity index is 1140. The highest BCUT2D eigenvalue weighted by molar-refractivity contribution is 6.32. The second-order valence-corrected chi connectivity index (χ2v) is 9.54. The van der Waals surface area contributed by atoms with Gasteiger partial charge in [-0.15, -0.1) is 0 Å². The number of likely N-dealkylation sites (tertiary alicyclic amines) is 1. The maximum absolute atomic E-state index is 10.1. The number of hydrogen-bond acceptors (Lipinski definition) is 6. The van der Waals surface area contributed by atoms with Crippen molar-refractivity contribution in [1.82, 2.24) is 14.8 Å². The summed E-state index contributed by atoms with van der Waals surface area (Å²) in [5.41, 5.74) is 4.12. The SMILES string of the molecule is COc1cc(-c2ccc3nccc(N4CCN(C5CCN(C)CC5)CC4)c3c2)cc(Cl)c1O. The molecular formula is C26H31ClN4O2. The van der Waals surface area contributed by atoms with Gasteiger partial charge in [-0.25, -0.2) is 0 Å². The predicted molar refractivity (Wildman–Crippen MR) is 135 cm³/mol. The number of piperazine rings is 1. The van der Waals surface area contributed by atoms with Crippen LogP contribution in [0.25, 0.3) is 22.0 Å². The van der Waals surface area contributed by atoms with E-state index in [2.05, 4.69) is 44.9 Å². The molecule has 33 heavy (non-hydrogen) atoms. The zero-order valence-electron chi connectivity index (χ0n) is 19.3. The number of rotatable bonds is 4. The molecule has 0 unspecified atom stereocenters. The van der Waals surface area contributed by atoms with Gasteiger partial charge >= 0.3 is 0 Å². The summed E-state index contributed by atoms with van der Waals surface area (Å²) < 4.78 is 5.30. The minimum atomic E-state index is -0.0338. The summed E-state index contributed by atoms with van der Waals surface area (Å²) in [5.74, 6) is 0.336. The molecule has 2 aromatic carbocycles. The number of aromatic nitrogens is 1. The molecule has 0 amide bonds. The van der Waals surface area contributed by atoms with E-state index < -0.39 is 0 Å². The molecule has 0 aliphatic carbocycles. The summed E-state index contributed by atoms with van der Waals surface area (Å²) >= 11 is 6.25. The zero-order chi connectivity index (χ0) is 22.9. The van der Waals surface area contributed by atoms with E-state index in [-0.39, 0.29) is 10.8 Å². The molecule has 6 nitrogen and oxygen atoms in total. The summed E-state index contributed by atoms with van der Waals surface area (Å²) in [4.78, 5) is 12.2.